The minimum absolute atomic E-state index is 0.00619. The summed E-state index contributed by atoms with van der Waals surface area (Å²) in [6.45, 7) is 6.11. The zero-order valence-corrected chi connectivity index (χ0v) is 18.1. The quantitative estimate of drug-likeness (QED) is 0.551. The van der Waals surface area contributed by atoms with E-state index in [-0.39, 0.29) is 11.8 Å². The monoisotopic (exact) mass is 415 g/mol. The van der Waals surface area contributed by atoms with Crippen LogP contribution in [0.15, 0.2) is 60.7 Å². The van der Waals surface area contributed by atoms with Gasteiger partial charge < -0.3 is 15.5 Å². The Morgan fingerprint density at radius 3 is 2.35 bits per heavy atom. The number of hydrogen-bond acceptors (Lipinski definition) is 5. The third kappa shape index (κ3) is 5.20. The molecule has 31 heavy (non-hydrogen) atoms. The molecule has 160 valence electrons. The second kappa shape index (κ2) is 9.60. The number of rotatable bonds is 7. The first-order valence-corrected chi connectivity index (χ1v) is 11.0. The van der Waals surface area contributed by atoms with Crippen LogP contribution in [0.3, 0.4) is 0 Å². The van der Waals surface area contributed by atoms with E-state index < -0.39 is 0 Å². The number of aromatic nitrogens is 2. The molecular formula is C25H29N5O. The lowest BCUT2D eigenvalue weighted by atomic mass is 9.95. The highest BCUT2D eigenvalue weighted by Gasteiger charge is 2.18. The van der Waals surface area contributed by atoms with Crippen molar-refractivity contribution in [2.75, 3.05) is 28.6 Å². The van der Waals surface area contributed by atoms with Gasteiger partial charge in [0.25, 0.3) is 0 Å². The van der Waals surface area contributed by atoms with Crippen LogP contribution in [0.4, 0.5) is 23.1 Å². The van der Waals surface area contributed by atoms with Crippen molar-refractivity contribution in [3.63, 3.8) is 0 Å². The average molecular weight is 416 g/mol. The first-order chi connectivity index (χ1) is 15.1. The highest BCUT2D eigenvalue weighted by atomic mass is 16.1. The van der Waals surface area contributed by atoms with Gasteiger partial charge in [0.1, 0.15) is 5.82 Å². The summed E-state index contributed by atoms with van der Waals surface area (Å²) in [6, 6.07) is 19.6. The average Bonchev–Trinajstić information content (AvgIpc) is 3.31. The highest BCUT2D eigenvalue weighted by Crippen LogP contribution is 2.24. The number of aryl methyl sites for hydroxylation is 1. The SMILES string of the molecule is CC[C@H](C(=O)Nc1ccc(Nc2nc(C)cc(N3CCCC3)n2)cc1)c1ccccc1. The summed E-state index contributed by atoms with van der Waals surface area (Å²) >= 11 is 0. The molecule has 2 aromatic carbocycles. The zero-order valence-electron chi connectivity index (χ0n) is 18.1. The molecule has 6 heteroatoms. The van der Waals surface area contributed by atoms with Gasteiger partial charge in [-0.2, -0.15) is 4.98 Å². The number of amides is 1. The second-order valence-corrected chi connectivity index (χ2v) is 7.95. The summed E-state index contributed by atoms with van der Waals surface area (Å²) in [5.74, 6) is 1.41. The molecule has 2 heterocycles. The molecule has 1 aliphatic rings. The zero-order chi connectivity index (χ0) is 21.6. The van der Waals surface area contributed by atoms with Crippen molar-refractivity contribution in [1.82, 2.24) is 9.97 Å². The van der Waals surface area contributed by atoms with Gasteiger partial charge in [0.05, 0.1) is 5.92 Å². The van der Waals surface area contributed by atoms with E-state index in [1.165, 1.54) is 12.8 Å². The minimum Gasteiger partial charge on any atom is -0.356 e. The molecule has 1 amide bonds. The fraction of sp³-hybridized carbons (Fsp3) is 0.320. The number of anilines is 4. The molecule has 0 spiro atoms. The summed E-state index contributed by atoms with van der Waals surface area (Å²) in [4.78, 5) is 24.3. The fourth-order valence-corrected chi connectivity index (χ4v) is 3.97. The number of benzene rings is 2. The first kappa shape index (κ1) is 20.8. The Balaban J connectivity index is 1.42. The Labute approximate surface area is 183 Å². The molecule has 0 unspecified atom stereocenters. The van der Waals surface area contributed by atoms with E-state index in [4.69, 9.17) is 0 Å². The van der Waals surface area contributed by atoms with Crippen LogP contribution in [0, 0.1) is 6.92 Å². The molecule has 1 aromatic heterocycles. The molecule has 2 N–H and O–H groups in total. The highest BCUT2D eigenvalue weighted by molar-refractivity contribution is 5.96. The van der Waals surface area contributed by atoms with Crippen molar-refractivity contribution in [2.24, 2.45) is 0 Å². The number of nitrogens with zero attached hydrogens (tertiary/aromatic N) is 3. The van der Waals surface area contributed by atoms with Crippen molar-refractivity contribution >= 4 is 29.0 Å². The van der Waals surface area contributed by atoms with Gasteiger partial charge in [-0.1, -0.05) is 37.3 Å². The van der Waals surface area contributed by atoms with E-state index >= 15 is 0 Å². The molecule has 1 fully saturated rings. The molecule has 6 nitrogen and oxygen atoms in total. The summed E-state index contributed by atoms with van der Waals surface area (Å²) in [7, 11) is 0. The maximum atomic E-state index is 12.8. The van der Waals surface area contributed by atoms with E-state index in [0.29, 0.717) is 5.95 Å². The summed E-state index contributed by atoms with van der Waals surface area (Å²) in [5, 5.41) is 6.32. The van der Waals surface area contributed by atoms with Crippen molar-refractivity contribution < 1.29 is 4.79 Å². The Kier molecular flexibility index (Phi) is 6.46. The largest absolute Gasteiger partial charge is 0.356 e. The normalized spacial score (nSPS) is 14.3. The van der Waals surface area contributed by atoms with Crippen molar-refractivity contribution in [2.45, 2.75) is 39.0 Å². The molecule has 0 aliphatic carbocycles. The maximum Gasteiger partial charge on any atom is 0.231 e. The molecule has 1 saturated heterocycles. The summed E-state index contributed by atoms with van der Waals surface area (Å²) in [6.07, 6.45) is 3.17. The Bertz CT molecular complexity index is 1010. The van der Waals surface area contributed by atoms with Crippen molar-refractivity contribution in [1.29, 1.82) is 0 Å². The number of carbonyl (C=O) groups is 1. The van der Waals surface area contributed by atoms with Crippen LogP contribution in [-0.4, -0.2) is 29.0 Å². The standard InChI is InChI=1S/C25H29N5O/c1-3-22(19-9-5-4-6-10-19)24(31)27-20-11-13-21(14-12-20)28-25-26-18(2)17-23(29-25)30-15-7-8-16-30/h4-6,9-14,17,22H,3,7-8,15-16H2,1-2H3,(H,27,31)(H,26,28,29)/t22-/m0/s1. The predicted molar refractivity (Wildman–Crippen MR) is 126 cm³/mol. The van der Waals surface area contributed by atoms with Crippen LogP contribution in [-0.2, 0) is 4.79 Å². The fourth-order valence-electron chi connectivity index (χ4n) is 3.97. The van der Waals surface area contributed by atoms with E-state index in [9.17, 15) is 4.79 Å². The van der Waals surface area contributed by atoms with E-state index in [2.05, 4.69) is 25.5 Å². The lowest BCUT2D eigenvalue weighted by molar-refractivity contribution is -0.117. The van der Waals surface area contributed by atoms with Crippen LogP contribution in [0.2, 0.25) is 0 Å². The topological polar surface area (TPSA) is 70.2 Å². The van der Waals surface area contributed by atoms with Crippen LogP contribution < -0.4 is 15.5 Å². The van der Waals surface area contributed by atoms with E-state index in [0.717, 1.165) is 48.0 Å². The molecule has 0 radical (unpaired) electrons. The number of carbonyl (C=O) groups excluding carboxylic acids is 1. The Morgan fingerprint density at radius 1 is 1.00 bits per heavy atom. The molecule has 4 rings (SSSR count). The van der Waals surface area contributed by atoms with Crippen LogP contribution >= 0.6 is 0 Å². The van der Waals surface area contributed by atoms with E-state index in [1.807, 2.05) is 74.5 Å². The van der Waals surface area contributed by atoms with Gasteiger partial charge in [-0.25, -0.2) is 4.98 Å². The Hall–Kier alpha value is -3.41. The van der Waals surface area contributed by atoms with Gasteiger partial charge in [0.15, 0.2) is 0 Å². The van der Waals surface area contributed by atoms with Crippen LogP contribution in [0.5, 0.6) is 0 Å². The predicted octanol–water partition coefficient (Wildman–Crippen LogP) is 5.26. The number of nitrogens with one attached hydrogen (secondary N) is 2. The van der Waals surface area contributed by atoms with Gasteiger partial charge in [-0.3, -0.25) is 4.79 Å². The smallest absolute Gasteiger partial charge is 0.231 e. The first-order valence-electron chi connectivity index (χ1n) is 11.0. The van der Waals surface area contributed by atoms with E-state index in [1.54, 1.807) is 0 Å². The lowest BCUT2D eigenvalue weighted by Crippen LogP contribution is -2.20. The summed E-state index contributed by atoms with van der Waals surface area (Å²) in [5.41, 5.74) is 3.62. The van der Waals surface area contributed by atoms with Crippen molar-refractivity contribution in [3.05, 3.63) is 71.9 Å². The lowest BCUT2D eigenvalue weighted by Gasteiger charge is -2.18. The third-order valence-electron chi connectivity index (χ3n) is 5.61. The van der Waals surface area contributed by atoms with Gasteiger partial charge in [-0.15, -0.1) is 0 Å². The third-order valence-corrected chi connectivity index (χ3v) is 5.61. The van der Waals surface area contributed by atoms with Gasteiger partial charge in [-0.05, 0) is 56.0 Å². The molecule has 0 bridgehead atoms. The number of hydrogen-bond donors (Lipinski definition) is 2. The molecule has 1 atom stereocenters. The molecule has 0 saturated carbocycles. The minimum atomic E-state index is -0.163. The van der Waals surface area contributed by atoms with Crippen LogP contribution in [0.1, 0.15) is 43.4 Å². The maximum absolute atomic E-state index is 12.8. The molecule has 3 aromatic rings. The van der Waals surface area contributed by atoms with Crippen molar-refractivity contribution in [3.8, 4) is 0 Å². The molecular weight excluding hydrogens is 386 g/mol. The summed E-state index contributed by atoms with van der Waals surface area (Å²) < 4.78 is 0. The second-order valence-electron chi connectivity index (χ2n) is 7.95. The Morgan fingerprint density at radius 2 is 1.68 bits per heavy atom. The van der Waals surface area contributed by atoms with Crippen LogP contribution in [0.25, 0.3) is 0 Å². The molecule has 1 aliphatic heterocycles. The van der Waals surface area contributed by atoms with Gasteiger partial charge >= 0.3 is 0 Å². The van der Waals surface area contributed by atoms with Gasteiger partial charge in [0.2, 0.25) is 11.9 Å². The van der Waals surface area contributed by atoms with Gasteiger partial charge in [0, 0.05) is 36.2 Å².